The Labute approximate surface area is 523 Å². The number of unbranched alkanes of at least 4 members (excludes halogenated alkanes) is 8. The van der Waals surface area contributed by atoms with Gasteiger partial charge in [0.15, 0.2) is 0 Å². The Balaban J connectivity index is 2.48. The number of piperazine rings is 1. The van der Waals surface area contributed by atoms with Gasteiger partial charge in [-0.1, -0.05) is 126 Å². The number of hydrogen-bond donors (Lipinski definition) is 4. The van der Waals surface area contributed by atoms with Gasteiger partial charge in [0.25, 0.3) is 0 Å². The van der Waals surface area contributed by atoms with Crippen LogP contribution in [-0.4, -0.2) is 216 Å². The maximum atomic E-state index is 12.8. The first-order valence-corrected chi connectivity index (χ1v) is 36.1. The van der Waals surface area contributed by atoms with Gasteiger partial charge in [-0.25, -0.2) is 0 Å². The van der Waals surface area contributed by atoms with Crippen molar-refractivity contribution in [1.82, 2.24) is 19.6 Å². The smallest absolute Gasteiger partial charge is 0.306 e. The molecule has 0 amide bonds. The first kappa shape index (κ1) is 80.7. The maximum absolute atomic E-state index is 12.8. The van der Waals surface area contributed by atoms with Crippen LogP contribution in [0.25, 0.3) is 0 Å². The van der Waals surface area contributed by atoms with Crippen LogP contribution in [0, 0.1) is 11.8 Å². The standard InChI is InChI=1S/C65H124N4O14S2/c1-9-55(10-2)51-80-62(75)31-19-15-13-17-27-57(70)49-69(50-58(71)28-18-14-16-20-32-63(76)81-52-56(11-3)12-4)37-26-45-84-85-46-43-67-40-38-66(39-41-67)42-44-79-61(74)35-25-36-68(47-59(72)29-21-23-33-64(77)82-53(5)6)48-60(73)30-22-24-34-65(78)83-54(7)8/h53-60,70-73H,9-52H2,1-8H3. The molecule has 4 atom stereocenters. The molecule has 1 saturated heterocycles. The molecule has 500 valence electrons. The van der Waals surface area contributed by atoms with Crippen molar-refractivity contribution in [2.24, 2.45) is 11.8 Å². The molecular weight excluding hydrogens is 1120 g/mol. The van der Waals surface area contributed by atoms with E-state index >= 15 is 0 Å². The van der Waals surface area contributed by atoms with Crippen molar-refractivity contribution in [2.75, 3.05) is 110 Å². The Hall–Kier alpha value is -2.27. The second-order valence-corrected chi connectivity index (χ2v) is 27.0. The fraction of sp³-hybridized carbons (Fsp3) is 0.923. The lowest BCUT2D eigenvalue weighted by atomic mass is 10.1. The van der Waals surface area contributed by atoms with Gasteiger partial charge in [0, 0.05) is 109 Å². The summed E-state index contributed by atoms with van der Waals surface area (Å²) in [5.74, 6) is 1.89. The van der Waals surface area contributed by atoms with Crippen LogP contribution in [0.15, 0.2) is 0 Å². The summed E-state index contributed by atoms with van der Waals surface area (Å²) in [6.07, 6.45) is 16.8. The molecule has 1 heterocycles. The van der Waals surface area contributed by atoms with Gasteiger partial charge in [0.1, 0.15) is 6.61 Å². The summed E-state index contributed by atoms with van der Waals surface area (Å²) in [6, 6.07) is 0. The van der Waals surface area contributed by atoms with Gasteiger partial charge >= 0.3 is 29.8 Å². The van der Waals surface area contributed by atoms with E-state index in [1.54, 1.807) is 0 Å². The summed E-state index contributed by atoms with van der Waals surface area (Å²) in [5, 5.41) is 44.0. The molecule has 20 heteroatoms. The molecule has 0 saturated carbocycles. The van der Waals surface area contributed by atoms with Crippen molar-refractivity contribution in [3.05, 3.63) is 0 Å². The zero-order valence-electron chi connectivity index (χ0n) is 54.7. The highest BCUT2D eigenvalue weighted by molar-refractivity contribution is 8.76. The Morgan fingerprint density at radius 3 is 1.15 bits per heavy atom. The van der Waals surface area contributed by atoms with Gasteiger partial charge in [0.2, 0.25) is 0 Å². The normalized spacial score (nSPS) is 14.8. The zero-order valence-corrected chi connectivity index (χ0v) is 56.3. The zero-order chi connectivity index (χ0) is 62.9. The average molecular weight is 1250 g/mol. The molecule has 0 aliphatic carbocycles. The first-order valence-electron chi connectivity index (χ1n) is 33.6. The van der Waals surface area contributed by atoms with E-state index < -0.39 is 24.4 Å². The summed E-state index contributed by atoms with van der Waals surface area (Å²) in [7, 11) is 3.77. The van der Waals surface area contributed by atoms with Gasteiger partial charge in [-0.2, -0.15) is 0 Å². The fourth-order valence-corrected chi connectivity index (χ4v) is 12.4. The number of aliphatic hydroxyl groups is 4. The molecule has 1 aliphatic rings. The van der Waals surface area contributed by atoms with Crippen LogP contribution < -0.4 is 0 Å². The van der Waals surface area contributed by atoms with E-state index in [0.29, 0.717) is 154 Å². The van der Waals surface area contributed by atoms with Crippen molar-refractivity contribution in [2.45, 2.75) is 265 Å². The van der Waals surface area contributed by atoms with Gasteiger partial charge in [-0.15, -0.1) is 0 Å². The van der Waals surface area contributed by atoms with Crippen LogP contribution in [0.2, 0.25) is 0 Å². The molecule has 0 spiro atoms. The predicted octanol–water partition coefficient (Wildman–Crippen LogP) is 10.4. The number of aliphatic hydroxyl groups excluding tert-OH is 4. The molecule has 4 N–H and O–H groups in total. The molecule has 85 heavy (non-hydrogen) atoms. The molecule has 0 bridgehead atoms. The monoisotopic (exact) mass is 1250 g/mol. The lowest BCUT2D eigenvalue weighted by molar-refractivity contribution is -0.148. The fourth-order valence-electron chi connectivity index (χ4n) is 10.3. The van der Waals surface area contributed by atoms with Crippen LogP contribution in [0.1, 0.15) is 229 Å². The Kier molecular flexibility index (Phi) is 50.9. The minimum absolute atomic E-state index is 0.114. The molecule has 18 nitrogen and oxygen atoms in total. The molecule has 0 radical (unpaired) electrons. The van der Waals surface area contributed by atoms with Crippen LogP contribution >= 0.6 is 21.6 Å². The van der Waals surface area contributed by atoms with Crippen molar-refractivity contribution in [3.8, 4) is 0 Å². The molecule has 0 aromatic heterocycles. The number of carbonyl (C=O) groups is 5. The average Bonchev–Trinajstić information content (AvgIpc) is 3.48. The number of nitrogens with zero attached hydrogens (tertiary/aromatic N) is 4. The van der Waals surface area contributed by atoms with Crippen LogP contribution in [-0.2, 0) is 47.7 Å². The van der Waals surface area contributed by atoms with Crippen molar-refractivity contribution in [3.63, 3.8) is 0 Å². The Morgan fingerprint density at radius 2 is 0.741 bits per heavy atom. The first-order chi connectivity index (χ1) is 40.8. The molecule has 0 aromatic carbocycles. The van der Waals surface area contributed by atoms with E-state index in [-0.39, 0.29) is 48.5 Å². The minimum atomic E-state index is -0.653. The van der Waals surface area contributed by atoms with Crippen molar-refractivity contribution in [1.29, 1.82) is 0 Å². The van der Waals surface area contributed by atoms with E-state index in [1.807, 2.05) is 54.2 Å². The molecule has 1 rings (SSSR count). The summed E-state index contributed by atoms with van der Waals surface area (Å²) in [5.41, 5.74) is 0. The molecular formula is C65H124N4O14S2. The van der Waals surface area contributed by atoms with Crippen molar-refractivity contribution >= 4 is 51.4 Å². The van der Waals surface area contributed by atoms with Crippen molar-refractivity contribution < 1.29 is 68.1 Å². The predicted molar refractivity (Wildman–Crippen MR) is 344 cm³/mol. The number of esters is 5. The third-order valence-electron chi connectivity index (χ3n) is 15.8. The summed E-state index contributed by atoms with van der Waals surface area (Å²) >= 11 is 0. The number of rotatable bonds is 57. The quantitative estimate of drug-likeness (QED) is 0.0192. The lowest BCUT2D eigenvalue weighted by Crippen LogP contribution is -2.47. The lowest BCUT2D eigenvalue weighted by Gasteiger charge is -2.34. The third kappa shape index (κ3) is 48.3. The third-order valence-corrected chi connectivity index (χ3v) is 18.3. The number of carbonyl (C=O) groups excluding carboxylic acids is 5. The van der Waals surface area contributed by atoms with Gasteiger partial charge in [-0.3, -0.25) is 43.6 Å². The van der Waals surface area contributed by atoms with Crippen LogP contribution in [0.4, 0.5) is 0 Å². The number of hydrogen-bond acceptors (Lipinski definition) is 20. The van der Waals surface area contributed by atoms with E-state index in [0.717, 1.165) is 134 Å². The highest BCUT2D eigenvalue weighted by Gasteiger charge is 2.21. The second-order valence-electron chi connectivity index (χ2n) is 24.3. The highest BCUT2D eigenvalue weighted by Crippen LogP contribution is 2.23. The van der Waals surface area contributed by atoms with Gasteiger partial charge < -0.3 is 44.1 Å². The summed E-state index contributed by atoms with van der Waals surface area (Å²) < 4.78 is 27.0. The molecule has 1 fully saturated rings. The maximum Gasteiger partial charge on any atom is 0.306 e. The van der Waals surface area contributed by atoms with Crippen LogP contribution in [0.5, 0.6) is 0 Å². The van der Waals surface area contributed by atoms with E-state index in [9.17, 15) is 44.4 Å². The van der Waals surface area contributed by atoms with E-state index in [4.69, 9.17) is 23.7 Å². The highest BCUT2D eigenvalue weighted by atomic mass is 33.1. The summed E-state index contributed by atoms with van der Waals surface area (Å²) in [6.45, 7) is 25.6. The number of ether oxygens (including phenoxy) is 5. The van der Waals surface area contributed by atoms with E-state index in [2.05, 4.69) is 42.4 Å². The minimum Gasteiger partial charge on any atom is -0.465 e. The second kappa shape index (κ2) is 53.6. The Morgan fingerprint density at radius 1 is 0.412 bits per heavy atom. The molecule has 4 unspecified atom stereocenters. The van der Waals surface area contributed by atoms with Crippen LogP contribution in [0.3, 0.4) is 0 Å². The summed E-state index contributed by atoms with van der Waals surface area (Å²) in [4.78, 5) is 70.1. The van der Waals surface area contributed by atoms with E-state index in [1.165, 1.54) is 0 Å². The molecule has 0 aromatic rings. The van der Waals surface area contributed by atoms with Gasteiger partial charge in [0.05, 0.1) is 49.8 Å². The Bertz CT molecular complexity index is 1570. The van der Waals surface area contributed by atoms with Gasteiger partial charge in [-0.05, 0) is 117 Å². The largest absolute Gasteiger partial charge is 0.465 e. The SMILES string of the molecule is CCC(CC)COC(=O)CCCCCCC(O)CN(CCCSSCCN1CCN(CCOC(=O)CCCN(CC(O)CCCCC(=O)OC(C)C)CC(O)CCCCC(=O)OC(C)C)CC1)CC(O)CCCCCCC(=O)OCC(CC)CC. The molecule has 1 aliphatic heterocycles. The topological polar surface area (TPSA) is 225 Å².